The summed E-state index contributed by atoms with van der Waals surface area (Å²) in [6, 6.07) is 11.9. The monoisotopic (exact) mass is 799 g/mol. The fourth-order valence-electron chi connectivity index (χ4n) is 9.17. The number of rotatable bonds is 8. The zero-order valence-electron chi connectivity index (χ0n) is 31.5. The number of benzene rings is 2. The second-order valence-electron chi connectivity index (χ2n) is 15.6. The summed E-state index contributed by atoms with van der Waals surface area (Å²) in [6.07, 6.45) is 3.33. The molecule has 58 heavy (non-hydrogen) atoms. The predicted octanol–water partition coefficient (Wildman–Crippen LogP) is 5.25. The van der Waals surface area contributed by atoms with Crippen molar-refractivity contribution in [1.82, 2.24) is 35.0 Å². The second-order valence-corrected chi connectivity index (χ2v) is 15.6. The Labute approximate surface area is 330 Å². The lowest BCUT2D eigenvalue weighted by molar-refractivity contribution is -0.141. The number of aromatic nitrogens is 3. The van der Waals surface area contributed by atoms with Gasteiger partial charge in [-0.15, -0.1) is 0 Å². The number of halogens is 3. The lowest BCUT2D eigenvalue weighted by atomic mass is 9.83. The zero-order chi connectivity index (χ0) is 40.5. The molecule has 10 rings (SSSR count). The quantitative estimate of drug-likeness (QED) is 0.225. The van der Waals surface area contributed by atoms with E-state index in [1.165, 1.54) is 13.2 Å². The molecule has 2 bridgehead atoms. The van der Waals surface area contributed by atoms with Gasteiger partial charge in [0.2, 0.25) is 5.91 Å². The van der Waals surface area contributed by atoms with Crippen LogP contribution < -0.4 is 20.3 Å². The van der Waals surface area contributed by atoms with Crippen LogP contribution in [0, 0.1) is 5.92 Å². The fourth-order valence-corrected chi connectivity index (χ4v) is 9.17. The number of pyridine rings is 1. The van der Waals surface area contributed by atoms with Gasteiger partial charge in [0.05, 0.1) is 42.0 Å². The van der Waals surface area contributed by atoms with E-state index in [1.807, 2.05) is 16.9 Å². The molecule has 0 radical (unpaired) electrons. The van der Waals surface area contributed by atoms with Gasteiger partial charge in [-0.1, -0.05) is 6.07 Å². The highest BCUT2D eigenvalue weighted by Gasteiger charge is 2.45. The molecule has 7 heterocycles. The molecule has 6 aliphatic rings. The Balaban J connectivity index is 0.811. The van der Waals surface area contributed by atoms with E-state index < -0.39 is 41.5 Å². The molecule has 0 spiro atoms. The first-order valence-electron chi connectivity index (χ1n) is 19.4. The SMILES string of the molecule is COc1cc2nn(C3CCC(CN4C[C@H]5CC[C@@H]4CN5c4ccc5c(c4)C(=O)N(N4CCC(=O)NC4=O)C5=O)CC3)cc2cc1NC(=O)c1cccc(C(F)(F)F)n1. The molecule has 4 saturated heterocycles. The second kappa shape index (κ2) is 14.4. The number of piperidine rings is 2. The molecule has 5 aliphatic heterocycles. The van der Waals surface area contributed by atoms with Crippen LogP contribution >= 0.6 is 0 Å². The minimum atomic E-state index is -4.68. The molecule has 2 aromatic carbocycles. The van der Waals surface area contributed by atoms with Gasteiger partial charge in [0, 0.05) is 61.5 Å². The lowest BCUT2D eigenvalue weighted by Gasteiger charge is -2.53. The number of hydrogen-bond donors (Lipinski definition) is 2. The van der Waals surface area contributed by atoms with Crippen LogP contribution in [0.15, 0.2) is 54.7 Å². The first kappa shape index (κ1) is 37.5. The number of fused-ring (bicyclic) bond motifs is 5. The molecule has 2 atom stereocenters. The van der Waals surface area contributed by atoms with Crippen LogP contribution in [0.3, 0.4) is 0 Å². The number of nitrogens with one attached hydrogen (secondary N) is 2. The van der Waals surface area contributed by atoms with Crippen LogP contribution in [0.1, 0.15) is 87.9 Å². The van der Waals surface area contributed by atoms with Gasteiger partial charge < -0.3 is 15.0 Å². The van der Waals surface area contributed by atoms with Gasteiger partial charge in [-0.25, -0.2) is 14.8 Å². The molecule has 2 aromatic heterocycles. The van der Waals surface area contributed by atoms with Crippen LogP contribution in [0.5, 0.6) is 5.75 Å². The number of piperazine rings is 1. The van der Waals surface area contributed by atoms with Gasteiger partial charge in [-0.2, -0.15) is 23.3 Å². The standard InChI is InChI=1S/C40H40F3N9O6/c1-58-33-17-31-23(15-32(33)45-36(54)30-3-2-4-34(44-30)40(41,42)43)19-50(47-31)24-7-5-22(6-8-24)18-48-20-27-10-9-26(48)21-49(27)25-11-12-28-29(16-25)38(56)52(37(28)55)51-14-13-35(53)46-39(51)57/h2-4,11-12,15-17,19,22,24,26-27H,5-10,13-14,18,20-21H2,1H3,(H,45,54)(H,46,53,57)/t22?,24?,26-,27-/m1/s1. The van der Waals surface area contributed by atoms with E-state index >= 15 is 0 Å². The summed E-state index contributed by atoms with van der Waals surface area (Å²) in [5.41, 5.74) is 0.825. The van der Waals surface area contributed by atoms with Crippen LogP contribution in [0.2, 0.25) is 0 Å². The average molecular weight is 800 g/mol. The summed E-state index contributed by atoms with van der Waals surface area (Å²) in [5, 5.41) is 12.2. The molecular formula is C40H40F3N9O6. The highest BCUT2D eigenvalue weighted by molar-refractivity contribution is 6.22. The maximum Gasteiger partial charge on any atom is 0.433 e. The molecule has 6 amide bonds. The minimum Gasteiger partial charge on any atom is -0.494 e. The highest BCUT2D eigenvalue weighted by atomic mass is 19.4. The van der Waals surface area contributed by atoms with Crippen LogP contribution in [-0.2, 0) is 11.0 Å². The average Bonchev–Trinajstić information content (AvgIpc) is 3.74. The summed E-state index contributed by atoms with van der Waals surface area (Å²) < 4.78 is 47.0. The molecule has 18 heteroatoms. The van der Waals surface area contributed by atoms with Crippen molar-refractivity contribution in [1.29, 1.82) is 0 Å². The summed E-state index contributed by atoms with van der Waals surface area (Å²) in [7, 11) is 1.44. The molecular weight excluding hydrogens is 759 g/mol. The minimum absolute atomic E-state index is 0.000595. The fraction of sp³-hybridized carbons (Fsp3) is 0.425. The van der Waals surface area contributed by atoms with E-state index in [0.29, 0.717) is 28.9 Å². The Morgan fingerprint density at radius 1 is 0.914 bits per heavy atom. The number of nitrogens with zero attached hydrogens (tertiary/aromatic N) is 7. The number of urea groups is 1. The maximum absolute atomic E-state index is 13.4. The van der Waals surface area contributed by atoms with Gasteiger partial charge in [0.15, 0.2) is 0 Å². The molecule has 1 aliphatic carbocycles. The normalized spacial score (nSPS) is 23.8. The third kappa shape index (κ3) is 6.77. The van der Waals surface area contributed by atoms with Gasteiger partial charge in [-0.3, -0.25) is 34.1 Å². The van der Waals surface area contributed by atoms with Crippen molar-refractivity contribution in [2.24, 2.45) is 5.92 Å². The summed E-state index contributed by atoms with van der Waals surface area (Å²) in [5.74, 6) is -1.54. The molecule has 15 nitrogen and oxygen atoms in total. The molecule has 4 aromatic rings. The molecule has 0 unspecified atom stereocenters. The topological polar surface area (TPSA) is 162 Å². The van der Waals surface area contributed by atoms with Crippen molar-refractivity contribution in [2.75, 3.05) is 43.5 Å². The number of imide groups is 2. The Bertz CT molecular complexity index is 2360. The Morgan fingerprint density at radius 3 is 2.40 bits per heavy atom. The molecule has 1 saturated carbocycles. The van der Waals surface area contributed by atoms with E-state index in [-0.39, 0.29) is 41.9 Å². The number of amides is 6. The van der Waals surface area contributed by atoms with E-state index in [0.717, 1.165) is 91.4 Å². The zero-order valence-corrected chi connectivity index (χ0v) is 31.5. The largest absolute Gasteiger partial charge is 0.494 e. The molecule has 302 valence electrons. The first-order chi connectivity index (χ1) is 27.8. The van der Waals surface area contributed by atoms with Gasteiger partial charge >= 0.3 is 12.2 Å². The van der Waals surface area contributed by atoms with E-state index in [4.69, 9.17) is 9.84 Å². The summed E-state index contributed by atoms with van der Waals surface area (Å²) in [6.45, 7) is 2.66. The summed E-state index contributed by atoms with van der Waals surface area (Å²) in [4.78, 5) is 72.0. The number of alkyl halides is 3. The van der Waals surface area contributed by atoms with Gasteiger partial charge in [-0.05, 0) is 80.8 Å². The van der Waals surface area contributed by atoms with Crippen molar-refractivity contribution < 1.29 is 41.9 Å². The van der Waals surface area contributed by atoms with E-state index in [2.05, 4.69) is 25.4 Å². The van der Waals surface area contributed by atoms with Crippen molar-refractivity contribution in [3.05, 3.63) is 77.2 Å². The van der Waals surface area contributed by atoms with Gasteiger partial charge in [0.1, 0.15) is 17.1 Å². The third-order valence-electron chi connectivity index (χ3n) is 12.1. The number of hydrazine groups is 1. The number of hydrogen-bond acceptors (Lipinski definition) is 10. The number of ether oxygens (including phenoxy) is 1. The predicted molar refractivity (Wildman–Crippen MR) is 202 cm³/mol. The maximum atomic E-state index is 13.4. The smallest absolute Gasteiger partial charge is 0.433 e. The van der Waals surface area contributed by atoms with Crippen molar-refractivity contribution in [3.8, 4) is 5.75 Å². The van der Waals surface area contributed by atoms with Crippen molar-refractivity contribution in [2.45, 2.75) is 69.2 Å². The van der Waals surface area contributed by atoms with Crippen molar-refractivity contribution >= 4 is 51.9 Å². The Kier molecular flexibility index (Phi) is 9.32. The Hall–Kier alpha value is -6.04. The molecule has 2 N–H and O–H groups in total. The van der Waals surface area contributed by atoms with Crippen LogP contribution in [0.25, 0.3) is 10.9 Å². The number of anilines is 2. The highest BCUT2D eigenvalue weighted by Crippen LogP contribution is 2.39. The lowest BCUT2D eigenvalue weighted by Crippen LogP contribution is -2.63. The summed E-state index contributed by atoms with van der Waals surface area (Å²) >= 11 is 0. The first-order valence-corrected chi connectivity index (χ1v) is 19.4. The van der Waals surface area contributed by atoms with E-state index in [9.17, 15) is 37.1 Å². The third-order valence-corrected chi connectivity index (χ3v) is 12.1. The number of carbonyl (C=O) groups excluding carboxylic acids is 5. The number of carbonyl (C=O) groups is 5. The van der Waals surface area contributed by atoms with E-state index in [1.54, 1.807) is 24.3 Å². The van der Waals surface area contributed by atoms with Crippen LogP contribution in [0.4, 0.5) is 29.3 Å². The molecule has 5 fully saturated rings. The number of methoxy groups -OCH3 is 1. The van der Waals surface area contributed by atoms with Crippen molar-refractivity contribution in [3.63, 3.8) is 0 Å². The Morgan fingerprint density at radius 2 is 1.67 bits per heavy atom. The van der Waals surface area contributed by atoms with Crippen LogP contribution in [-0.4, -0.2) is 105 Å². The van der Waals surface area contributed by atoms with Gasteiger partial charge in [0.25, 0.3) is 17.7 Å².